The van der Waals surface area contributed by atoms with Crippen LogP contribution in [0.3, 0.4) is 0 Å². The van der Waals surface area contributed by atoms with Crippen LogP contribution in [0, 0.1) is 10.8 Å². The minimum Gasteiger partial charge on any atom is -0.370 e. The van der Waals surface area contributed by atoms with Gasteiger partial charge in [-0.15, -0.1) is 23.5 Å². The largest absolute Gasteiger partial charge is 0.370 e. The summed E-state index contributed by atoms with van der Waals surface area (Å²) in [6, 6.07) is 12.5. The van der Waals surface area contributed by atoms with Crippen molar-refractivity contribution in [2.45, 2.75) is 106 Å². The molecule has 3 aromatic rings. The Hall–Kier alpha value is -5.18. The van der Waals surface area contributed by atoms with E-state index in [4.69, 9.17) is 45.2 Å². The number of guanidine groups is 2. The maximum Gasteiger partial charge on any atom is 0.255 e. The summed E-state index contributed by atoms with van der Waals surface area (Å²) in [6.07, 6.45) is 1.72. The fourth-order valence-electron chi connectivity index (χ4n) is 6.35. The van der Waals surface area contributed by atoms with E-state index >= 15 is 0 Å². The first-order chi connectivity index (χ1) is 30.0. The number of hydrogen-bond acceptors (Lipinski definition) is 12. The Balaban J connectivity index is 1.98. The average molecular weight is 920 g/mol. The van der Waals surface area contributed by atoms with Gasteiger partial charge in [0.05, 0.1) is 34.0 Å². The summed E-state index contributed by atoms with van der Waals surface area (Å²) in [6.45, 7) is 13.7. The van der Waals surface area contributed by atoms with E-state index in [1.807, 2.05) is 65.8 Å². The molecule has 19 N–H and O–H groups in total. The predicted octanol–water partition coefficient (Wildman–Crippen LogP) is 4.12. The number of Topliss-reactive ketones (excluding diaryl/α,β-unsaturated/α-hetero) is 1. The van der Waals surface area contributed by atoms with Crippen molar-refractivity contribution in [1.29, 1.82) is 10.8 Å². The molecular formula is C45H69N13O4S2. The van der Waals surface area contributed by atoms with Crippen LogP contribution in [0.5, 0.6) is 0 Å². The molecule has 2 atom stereocenters. The van der Waals surface area contributed by atoms with Gasteiger partial charge in [-0.2, -0.15) is 0 Å². The van der Waals surface area contributed by atoms with Crippen molar-refractivity contribution in [2.75, 3.05) is 53.6 Å². The zero-order valence-electron chi connectivity index (χ0n) is 38.0. The smallest absolute Gasteiger partial charge is 0.255 e. The Labute approximate surface area is 385 Å². The Bertz CT molecular complexity index is 1990. The number of rotatable bonds is 23. The molecule has 0 heterocycles. The molecule has 350 valence electrons. The van der Waals surface area contributed by atoms with Gasteiger partial charge < -0.3 is 61.0 Å². The highest BCUT2D eigenvalue weighted by molar-refractivity contribution is 7.99. The number of thioether (sulfide) groups is 2. The first kappa shape index (κ1) is 53.2. The summed E-state index contributed by atoms with van der Waals surface area (Å²) < 4.78 is 0. The Morgan fingerprint density at radius 1 is 0.641 bits per heavy atom. The first-order valence-electron chi connectivity index (χ1n) is 21.3. The maximum atomic E-state index is 14.2. The molecule has 64 heavy (non-hydrogen) atoms. The topological polar surface area (TPSA) is 332 Å². The van der Waals surface area contributed by atoms with Crippen molar-refractivity contribution in [1.82, 2.24) is 10.6 Å². The van der Waals surface area contributed by atoms with E-state index in [9.17, 15) is 19.2 Å². The highest BCUT2D eigenvalue weighted by Gasteiger charge is 2.26. The number of hydrogen-bond donors (Lipinski definition) is 13. The average Bonchev–Trinajstić information content (AvgIpc) is 3.22. The standard InChI is InChI=1S/C45H69N13O4S2/c1-44(2,3)29-21-28(37(63-18-14-46)33(23-29)57-40(61)31(48)12-8-16-54-42(50)51)22-36(59)26-10-7-11-27(20-26)39(60)56-34-24-30(45(4,5)6)25-35(38(34)64-19-15-47)58-41(62)32(49)13-9-17-55-43(52)53/h7,10-11,20-21,23-25,31-32H,8-9,12-19,22,46-49H2,1-6H3,(H,56,60)(H,57,61)(H,58,62)(H4,50,51,54)(H4,52,53,55)/t31-,32-/m0/s1. The number of carbonyl (C=O) groups is 4. The second-order valence-corrected chi connectivity index (χ2v) is 19.7. The fourth-order valence-corrected chi connectivity index (χ4v) is 8.10. The van der Waals surface area contributed by atoms with E-state index < -0.39 is 23.9 Å². The normalized spacial score (nSPS) is 12.5. The van der Waals surface area contributed by atoms with Crippen LogP contribution in [-0.2, 0) is 26.8 Å². The van der Waals surface area contributed by atoms with Crippen LogP contribution >= 0.6 is 23.5 Å². The molecule has 19 heteroatoms. The van der Waals surface area contributed by atoms with Crippen molar-refractivity contribution >= 4 is 76.0 Å². The molecule has 3 rings (SSSR count). The second kappa shape index (κ2) is 24.8. The number of benzene rings is 3. The summed E-state index contributed by atoms with van der Waals surface area (Å²) >= 11 is 2.82. The number of ketones is 1. The van der Waals surface area contributed by atoms with Crippen molar-refractivity contribution in [3.8, 4) is 0 Å². The summed E-state index contributed by atoms with van der Waals surface area (Å²) in [5.74, 6) is -0.788. The minimum atomic E-state index is -0.842. The van der Waals surface area contributed by atoms with Gasteiger partial charge in [0.2, 0.25) is 11.8 Å². The number of amides is 3. The molecule has 0 fully saturated rings. The third kappa shape index (κ3) is 16.7. The molecule has 0 aromatic heterocycles. The highest BCUT2D eigenvalue weighted by atomic mass is 32.2. The van der Waals surface area contributed by atoms with Gasteiger partial charge in [-0.1, -0.05) is 59.7 Å². The Morgan fingerprint density at radius 3 is 1.55 bits per heavy atom. The van der Waals surface area contributed by atoms with E-state index in [-0.39, 0.29) is 46.4 Å². The van der Waals surface area contributed by atoms with E-state index in [0.717, 1.165) is 11.1 Å². The Kier molecular flexibility index (Phi) is 20.6. The monoisotopic (exact) mass is 920 g/mol. The van der Waals surface area contributed by atoms with E-state index in [0.29, 0.717) is 101 Å². The molecule has 0 aliphatic heterocycles. The minimum absolute atomic E-state index is 0.0283. The molecule has 3 aromatic carbocycles. The van der Waals surface area contributed by atoms with Gasteiger partial charge in [0.1, 0.15) is 0 Å². The lowest BCUT2D eigenvalue weighted by Crippen LogP contribution is -2.37. The lowest BCUT2D eigenvalue weighted by Gasteiger charge is -2.25. The van der Waals surface area contributed by atoms with Gasteiger partial charge in [-0.3, -0.25) is 30.0 Å². The van der Waals surface area contributed by atoms with Crippen molar-refractivity contribution in [3.05, 3.63) is 76.3 Å². The van der Waals surface area contributed by atoms with Crippen molar-refractivity contribution < 1.29 is 19.2 Å². The van der Waals surface area contributed by atoms with Crippen molar-refractivity contribution in [3.63, 3.8) is 0 Å². The van der Waals surface area contributed by atoms with Crippen LogP contribution in [-0.4, -0.2) is 85.2 Å². The summed E-state index contributed by atoms with van der Waals surface area (Å²) in [4.78, 5) is 56.5. The van der Waals surface area contributed by atoms with Crippen LogP contribution in [0.2, 0.25) is 0 Å². The van der Waals surface area contributed by atoms with Crippen LogP contribution in [0.15, 0.2) is 58.3 Å². The highest BCUT2D eigenvalue weighted by Crippen LogP contribution is 2.40. The summed E-state index contributed by atoms with van der Waals surface area (Å²) in [5, 5.41) is 29.2. The van der Waals surface area contributed by atoms with E-state index in [2.05, 4.69) is 26.6 Å². The Morgan fingerprint density at radius 2 is 1.08 bits per heavy atom. The predicted molar refractivity (Wildman–Crippen MR) is 264 cm³/mol. The molecule has 0 unspecified atom stereocenters. The fraction of sp³-hybridized carbons (Fsp3) is 0.467. The second-order valence-electron chi connectivity index (χ2n) is 17.5. The lowest BCUT2D eigenvalue weighted by atomic mass is 9.85. The zero-order valence-corrected chi connectivity index (χ0v) is 39.6. The van der Waals surface area contributed by atoms with E-state index in [1.165, 1.54) is 23.5 Å². The summed E-state index contributed by atoms with van der Waals surface area (Å²) in [5.41, 5.74) is 38.9. The molecule has 0 saturated heterocycles. The quantitative estimate of drug-likeness (QED) is 0.0209. The molecule has 0 spiro atoms. The third-order valence-electron chi connectivity index (χ3n) is 9.97. The van der Waals surface area contributed by atoms with Gasteiger partial charge in [0, 0.05) is 60.1 Å². The van der Waals surface area contributed by atoms with Crippen molar-refractivity contribution in [2.24, 2.45) is 34.4 Å². The molecular weight excluding hydrogens is 851 g/mol. The molecule has 0 saturated carbocycles. The van der Waals surface area contributed by atoms with Gasteiger partial charge in [0.15, 0.2) is 17.7 Å². The number of nitrogens with two attached hydrogens (primary N) is 6. The molecule has 0 aliphatic rings. The van der Waals surface area contributed by atoms with Gasteiger partial charge in [-0.25, -0.2) is 0 Å². The van der Waals surface area contributed by atoms with Crippen LogP contribution in [0.1, 0.15) is 105 Å². The molecule has 0 aliphatic carbocycles. The van der Waals surface area contributed by atoms with Crippen LogP contribution in [0.4, 0.5) is 17.1 Å². The van der Waals surface area contributed by atoms with Crippen LogP contribution in [0.25, 0.3) is 0 Å². The SMILES string of the molecule is CC(C)(C)c1cc(CC(=O)c2cccc(C(=O)Nc3cc(C(C)(C)C)cc(NC(=O)[C@@H](N)CCCNC(=N)N)c3SCCN)c2)c(SCCN)c(NC(=O)[C@@H](N)CCCNC(=N)N)c1. The number of anilines is 3. The van der Waals surface area contributed by atoms with Gasteiger partial charge in [0.25, 0.3) is 5.91 Å². The third-order valence-corrected chi connectivity index (χ3v) is 12.3. The lowest BCUT2D eigenvalue weighted by molar-refractivity contribution is -0.118. The number of carbonyl (C=O) groups excluding carboxylic acids is 4. The molecule has 3 amide bonds. The molecule has 0 bridgehead atoms. The molecule has 17 nitrogen and oxygen atoms in total. The van der Waals surface area contributed by atoms with Gasteiger partial charge in [-0.05, 0) is 83.5 Å². The van der Waals surface area contributed by atoms with Crippen LogP contribution < -0.4 is 61.0 Å². The zero-order chi connectivity index (χ0) is 47.8. The number of nitrogens with one attached hydrogen (secondary N) is 7. The molecule has 0 radical (unpaired) electrons. The summed E-state index contributed by atoms with van der Waals surface area (Å²) in [7, 11) is 0. The maximum absolute atomic E-state index is 14.2. The van der Waals surface area contributed by atoms with Gasteiger partial charge >= 0.3 is 0 Å². The first-order valence-corrected chi connectivity index (χ1v) is 23.3. The van der Waals surface area contributed by atoms with E-state index in [1.54, 1.807) is 24.3 Å².